The predicted molar refractivity (Wildman–Crippen MR) is 94.5 cm³/mol. The van der Waals surface area contributed by atoms with E-state index in [1.165, 1.54) is 56.9 Å². The molecule has 0 heterocycles. The largest absolute Gasteiger partial charge is 0.393 e. The van der Waals surface area contributed by atoms with Crippen molar-refractivity contribution in [3.8, 4) is 0 Å². The summed E-state index contributed by atoms with van der Waals surface area (Å²) >= 11 is 0. The van der Waals surface area contributed by atoms with Gasteiger partial charge in [0.1, 0.15) is 5.78 Å². The van der Waals surface area contributed by atoms with Crippen molar-refractivity contribution < 1.29 is 9.90 Å². The van der Waals surface area contributed by atoms with E-state index in [-0.39, 0.29) is 11.5 Å². The van der Waals surface area contributed by atoms with Crippen LogP contribution in [-0.4, -0.2) is 17.0 Å². The Hall–Kier alpha value is -0.630. The minimum Gasteiger partial charge on any atom is -0.393 e. The van der Waals surface area contributed by atoms with E-state index in [4.69, 9.17) is 0 Å². The topological polar surface area (TPSA) is 37.3 Å². The van der Waals surface area contributed by atoms with E-state index in [1.54, 1.807) is 5.57 Å². The molecule has 1 N–H and O–H groups in total. The summed E-state index contributed by atoms with van der Waals surface area (Å²) in [4.78, 5) is 11.9. The molecule has 5 aliphatic rings. The van der Waals surface area contributed by atoms with E-state index >= 15 is 0 Å². The van der Waals surface area contributed by atoms with Crippen LogP contribution >= 0.6 is 0 Å². The van der Waals surface area contributed by atoms with E-state index in [1.807, 2.05) is 0 Å². The first-order valence-corrected chi connectivity index (χ1v) is 10.3. The molecule has 0 saturated heterocycles. The molecule has 0 aromatic heterocycles. The Kier molecular flexibility index (Phi) is 3.09. The maximum Gasteiger partial charge on any atom is 0.137 e. The average Bonchev–Trinajstić information content (AvgIpc) is 2.99. The fraction of sp³-hybridized carbons (Fsp3) is 0.864. The maximum absolute atomic E-state index is 11.9. The number of Topliss-reactive ketones (excluding diaryl/α,β-unsaturated/α-hetero) is 1. The first-order valence-electron chi connectivity index (χ1n) is 10.3. The zero-order valence-electron chi connectivity index (χ0n) is 15.4. The van der Waals surface area contributed by atoms with Crippen molar-refractivity contribution >= 4 is 5.78 Å². The number of carbonyl (C=O) groups is 1. The van der Waals surface area contributed by atoms with E-state index in [9.17, 15) is 9.90 Å². The molecule has 0 aromatic rings. The van der Waals surface area contributed by atoms with Crippen LogP contribution in [0.5, 0.6) is 0 Å². The zero-order chi connectivity index (χ0) is 16.7. The van der Waals surface area contributed by atoms with Gasteiger partial charge in [-0.05, 0) is 87.4 Å². The van der Waals surface area contributed by atoms with Crippen LogP contribution < -0.4 is 0 Å². The van der Waals surface area contributed by atoms with Crippen LogP contribution in [0.2, 0.25) is 0 Å². The number of aliphatic hydroxyl groups excluding tert-OH is 1. The number of hydrogen-bond donors (Lipinski definition) is 1. The molecule has 2 heteroatoms. The van der Waals surface area contributed by atoms with Crippen molar-refractivity contribution in [2.24, 2.45) is 28.1 Å². The third-order valence-corrected chi connectivity index (χ3v) is 9.93. The van der Waals surface area contributed by atoms with Crippen LogP contribution in [0.3, 0.4) is 0 Å². The molecule has 3 saturated carbocycles. The molecule has 5 rings (SSSR count). The molecule has 3 fully saturated rings. The minimum absolute atomic E-state index is 0.158. The van der Waals surface area contributed by atoms with E-state index in [0.29, 0.717) is 16.6 Å². The van der Waals surface area contributed by atoms with Gasteiger partial charge in [0.25, 0.3) is 0 Å². The molecule has 4 atom stereocenters. The molecule has 0 aromatic carbocycles. The minimum atomic E-state index is -0.158. The molecule has 132 valence electrons. The summed E-state index contributed by atoms with van der Waals surface area (Å²) < 4.78 is 0. The number of ketones is 1. The molecule has 0 amide bonds. The zero-order valence-corrected chi connectivity index (χ0v) is 15.4. The summed E-state index contributed by atoms with van der Waals surface area (Å²) in [7, 11) is 0. The Morgan fingerprint density at radius 3 is 2.50 bits per heavy atom. The van der Waals surface area contributed by atoms with E-state index < -0.39 is 0 Å². The average molecular weight is 328 g/mol. The third-order valence-electron chi connectivity index (χ3n) is 9.93. The van der Waals surface area contributed by atoms with Crippen molar-refractivity contribution in [2.45, 2.75) is 90.6 Å². The van der Waals surface area contributed by atoms with Crippen LogP contribution in [0.25, 0.3) is 0 Å². The fourth-order valence-corrected chi connectivity index (χ4v) is 8.74. The van der Waals surface area contributed by atoms with Gasteiger partial charge in [-0.1, -0.05) is 18.1 Å². The lowest BCUT2D eigenvalue weighted by atomic mass is 9.46. The van der Waals surface area contributed by atoms with Crippen LogP contribution in [0, 0.1) is 28.1 Å². The lowest BCUT2D eigenvalue weighted by molar-refractivity contribution is -0.119. The number of hydrogen-bond acceptors (Lipinski definition) is 2. The quantitative estimate of drug-likeness (QED) is 0.702. The first-order chi connectivity index (χ1) is 11.4. The fourth-order valence-electron chi connectivity index (χ4n) is 8.74. The Morgan fingerprint density at radius 1 is 1.04 bits per heavy atom. The van der Waals surface area contributed by atoms with Crippen LogP contribution in [0.1, 0.15) is 84.5 Å². The highest BCUT2D eigenvalue weighted by atomic mass is 16.3. The van der Waals surface area contributed by atoms with Gasteiger partial charge in [-0.3, -0.25) is 4.79 Å². The molecular weight excluding hydrogens is 296 g/mol. The van der Waals surface area contributed by atoms with E-state index in [0.717, 1.165) is 31.1 Å². The molecule has 24 heavy (non-hydrogen) atoms. The highest BCUT2D eigenvalue weighted by Gasteiger charge is 2.74. The maximum atomic E-state index is 11.9. The monoisotopic (exact) mass is 328 g/mol. The highest BCUT2D eigenvalue weighted by molar-refractivity contribution is 5.82. The molecule has 5 aliphatic carbocycles. The second-order valence-corrected chi connectivity index (χ2v) is 9.95. The van der Waals surface area contributed by atoms with Crippen LogP contribution in [0.15, 0.2) is 11.1 Å². The number of allylic oxidation sites excluding steroid dienone is 2. The van der Waals surface area contributed by atoms with Crippen molar-refractivity contribution in [3.05, 3.63) is 11.1 Å². The lowest BCUT2D eigenvalue weighted by Gasteiger charge is -2.58. The van der Waals surface area contributed by atoms with Gasteiger partial charge in [0, 0.05) is 18.3 Å². The second-order valence-electron chi connectivity index (χ2n) is 9.95. The molecule has 1 unspecified atom stereocenters. The summed E-state index contributed by atoms with van der Waals surface area (Å²) in [6, 6.07) is 0. The summed E-state index contributed by atoms with van der Waals surface area (Å²) in [6.07, 6.45) is 12.7. The van der Waals surface area contributed by atoms with Crippen molar-refractivity contribution in [1.82, 2.24) is 0 Å². The summed E-state index contributed by atoms with van der Waals surface area (Å²) in [5.41, 5.74) is 4.26. The molecule has 0 spiro atoms. The Balaban J connectivity index is 1.56. The third kappa shape index (κ3) is 1.56. The summed E-state index contributed by atoms with van der Waals surface area (Å²) in [5, 5.41) is 10.7. The van der Waals surface area contributed by atoms with Crippen molar-refractivity contribution in [2.75, 3.05) is 0 Å². The number of rotatable bonds is 1. The standard InChI is InChI=1S/C22H32O2/c1-14(23)21-9-11-22(12-10-21)19-6-3-15-13-16(24)4-5-17(15)18(19)7-8-20(21,22)2/h14,18-19,23H,3-13H2,1-2H3/t14?,18-,19-,20-,21?,22?/m1/s1. The highest BCUT2D eigenvalue weighted by Crippen LogP contribution is 2.81. The Morgan fingerprint density at radius 2 is 1.79 bits per heavy atom. The predicted octanol–water partition coefficient (Wildman–Crippen LogP) is 4.80. The molecule has 2 nitrogen and oxygen atoms in total. The number of carbonyl (C=O) groups excluding carboxylic acids is 1. The van der Waals surface area contributed by atoms with E-state index in [2.05, 4.69) is 13.8 Å². The van der Waals surface area contributed by atoms with Crippen LogP contribution in [-0.2, 0) is 4.79 Å². The van der Waals surface area contributed by atoms with Crippen LogP contribution in [0.4, 0.5) is 0 Å². The Labute approximate surface area is 146 Å². The number of fused-ring (bicyclic) bond motifs is 2. The summed E-state index contributed by atoms with van der Waals surface area (Å²) in [5.74, 6) is 2.06. The van der Waals surface area contributed by atoms with Gasteiger partial charge in [0.15, 0.2) is 0 Å². The van der Waals surface area contributed by atoms with Gasteiger partial charge >= 0.3 is 0 Å². The van der Waals surface area contributed by atoms with Gasteiger partial charge in [-0.25, -0.2) is 0 Å². The SMILES string of the molecule is CC(O)C12CCC3(CC1)[C@@H]1CCC4=C(CCC(=O)C4)[C@H]1CC[C@]23C. The second kappa shape index (κ2) is 4.75. The smallest absolute Gasteiger partial charge is 0.137 e. The summed E-state index contributed by atoms with van der Waals surface area (Å²) in [6.45, 7) is 4.61. The molecule has 2 bridgehead atoms. The molecular formula is C22H32O2. The lowest BCUT2D eigenvalue weighted by Crippen LogP contribution is -2.52. The Bertz CT molecular complexity index is 620. The van der Waals surface area contributed by atoms with Gasteiger partial charge in [-0.2, -0.15) is 0 Å². The van der Waals surface area contributed by atoms with Gasteiger partial charge < -0.3 is 5.11 Å². The van der Waals surface area contributed by atoms with Gasteiger partial charge in [0.05, 0.1) is 6.10 Å². The first kappa shape index (κ1) is 15.6. The van der Waals surface area contributed by atoms with Crippen molar-refractivity contribution in [1.29, 1.82) is 0 Å². The number of aliphatic hydroxyl groups is 1. The molecule has 0 aliphatic heterocycles. The van der Waals surface area contributed by atoms with Gasteiger partial charge in [0.2, 0.25) is 0 Å². The normalized spacial score (nSPS) is 51.2. The molecule has 0 radical (unpaired) electrons. The van der Waals surface area contributed by atoms with Crippen molar-refractivity contribution in [3.63, 3.8) is 0 Å². The van der Waals surface area contributed by atoms with Gasteiger partial charge in [-0.15, -0.1) is 0 Å².